The van der Waals surface area contributed by atoms with Crippen molar-refractivity contribution in [1.29, 1.82) is 0 Å². The summed E-state index contributed by atoms with van der Waals surface area (Å²) >= 11 is 0. The average molecular weight is 472 g/mol. The van der Waals surface area contributed by atoms with Crippen LogP contribution in [0.4, 0.5) is 0 Å². The Labute approximate surface area is 183 Å². The first kappa shape index (κ1) is 26.1. The Morgan fingerprint density at radius 2 is 1.25 bits per heavy atom. The standard InChI is InChI=1S/C18H32O14/c1-5-6(21)2-7(22)17(28-5)31-14-11(24)9(4-20)29-16(27)15(14)32-18-13(26)12(25)10(23)8(3-19)30-18/h5-27H,2-4H2,1H3/t5-,6-,7-,8-,9-,10-,11-,12+,13-,14+,15+,16?,17-,18+/m1/s1. The van der Waals surface area contributed by atoms with Gasteiger partial charge in [0.1, 0.15) is 54.9 Å². The Kier molecular flexibility index (Phi) is 8.79. The largest absolute Gasteiger partial charge is 0.394 e. The van der Waals surface area contributed by atoms with Crippen LogP contribution in [-0.4, -0.2) is 145 Å². The molecule has 14 atom stereocenters. The zero-order valence-electron chi connectivity index (χ0n) is 17.3. The van der Waals surface area contributed by atoms with E-state index in [-0.39, 0.29) is 6.42 Å². The molecule has 3 aliphatic rings. The minimum absolute atomic E-state index is 0.0879. The van der Waals surface area contributed by atoms with Crippen molar-refractivity contribution >= 4 is 0 Å². The van der Waals surface area contributed by atoms with E-state index in [0.717, 1.165) is 0 Å². The molecule has 3 rings (SSSR count). The normalized spacial score (nSPS) is 52.7. The molecule has 0 aromatic carbocycles. The van der Waals surface area contributed by atoms with Gasteiger partial charge < -0.3 is 69.6 Å². The first-order chi connectivity index (χ1) is 15.1. The Bertz CT molecular complexity index is 594. The van der Waals surface area contributed by atoms with E-state index in [4.69, 9.17) is 23.7 Å². The van der Waals surface area contributed by atoms with E-state index >= 15 is 0 Å². The molecule has 0 radical (unpaired) electrons. The molecule has 0 saturated carbocycles. The van der Waals surface area contributed by atoms with Crippen molar-refractivity contribution in [3.63, 3.8) is 0 Å². The summed E-state index contributed by atoms with van der Waals surface area (Å²) in [6, 6.07) is 0. The smallest absolute Gasteiger partial charge is 0.187 e. The summed E-state index contributed by atoms with van der Waals surface area (Å²) in [4.78, 5) is 0. The van der Waals surface area contributed by atoms with Gasteiger partial charge in [0.2, 0.25) is 0 Å². The molecule has 1 unspecified atom stereocenters. The van der Waals surface area contributed by atoms with Gasteiger partial charge in [0.05, 0.1) is 25.4 Å². The SMILES string of the molecule is C[C@H]1O[C@H](O[C@H]2[C@H](O)[C@@H](CO)OC(O)[C@H]2O[C@@H]2O[C@H](CO)[C@@H](O)[C@H](O)[C@H]2O)[C@H](O)C[C@H]1O. The third kappa shape index (κ3) is 5.24. The van der Waals surface area contributed by atoms with Crippen molar-refractivity contribution in [2.45, 2.75) is 99.4 Å². The summed E-state index contributed by atoms with van der Waals surface area (Å²) in [6.07, 6.45) is -20.4. The molecule has 0 aromatic heterocycles. The lowest BCUT2D eigenvalue weighted by Gasteiger charge is -2.47. The molecule has 0 aromatic rings. The lowest BCUT2D eigenvalue weighted by atomic mass is 9.96. The zero-order chi connectivity index (χ0) is 23.7. The van der Waals surface area contributed by atoms with Crippen LogP contribution in [0, 0.1) is 0 Å². The van der Waals surface area contributed by atoms with Crippen molar-refractivity contribution in [2.24, 2.45) is 0 Å². The fourth-order valence-electron chi connectivity index (χ4n) is 3.91. The quantitative estimate of drug-likeness (QED) is 0.176. The van der Waals surface area contributed by atoms with Crippen LogP contribution < -0.4 is 0 Å². The van der Waals surface area contributed by atoms with Gasteiger partial charge in [0.15, 0.2) is 18.9 Å². The van der Waals surface area contributed by atoms with Gasteiger partial charge in [-0.05, 0) is 6.92 Å². The summed E-state index contributed by atoms with van der Waals surface area (Å²) in [5.41, 5.74) is 0. The molecule has 14 heteroatoms. The van der Waals surface area contributed by atoms with Crippen LogP contribution in [0.3, 0.4) is 0 Å². The molecule has 0 aliphatic carbocycles. The zero-order valence-corrected chi connectivity index (χ0v) is 17.3. The number of aliphatic hydroxyl groups excluding tert-OH is 9. The monoisotopic (exact) mass is 472 g/mol. The average Bonchev–Trinajstić information content (AvgIpc) is 2.76. The van der Waals surface area contributed by atoms with Gasteiger partial charge in [-0.2, -0.15) is 0 Å². The molecule has 0 spiro atoms. The lowest BCUT2D eigenvalue weighted by Crippen LogP contribution is -2.65. The van der Waals surface area contributed by atoms with E-state index in [0.29, 0.717) is 0 Å². The summed E-state index contributed by atoms with van der Waals surface area (Å²) in [6.45, 7) is 0.126. The highest BCUT2D eigenvalue weighted by Gasteiger charge is 2.52. The minimum atomic E-state index is -1.82. The molecule has 3 fully saturated rings. The van der Waals surface area contributed by atoms with Crippen molar-refractivity contribution < 1.29 is 69.6 Å². The molecule has 32 heavy (non-hydrogen) atoms. The van der Waals surface area contributed by atoms with E-state index in [1.807, 2.05) is 0 Å². The fraction of sp³-hybridized carbons (Fsp3) is 1.00. The van der Waals surface area contributed by atoms with E-state index in [1.54, 1.807) is 6.92 Å². The van der Waals surface area contributed by atoms with Crippen LogP contribution in [-0.2, 0) is 23.7 Å². The molecule has 0 amide bonds. The number of aliphatic hydroxyl groups is 9. The molecule has 14 nitrogen and oxygen atoms in total. The fourth-order valence-corrected chi connectivity index (χ4v) is 3.91. The predicted molar refractivity (Wildman–Crippen MR) is 98.5 cm³/mol. The van der Waals surface area contributed by atoms with Crippen LogP contribution in [0.2, 0.25) is 0 Å². The lowest BCUT2D eigenvalue weighted by molar-refractivity contribution is -0.382. The molecule has 0 bridgehead atoms. The van der Waals surface area contributed by atoms with E-state index in [9.17, 15) is 46.0 Å². The van der Waals surface area contributed by atoms with Gasteiger partial charge in [0.25, 0.3) is 0 Å². The summed E-state index contributed by atoms with van der Waals surface area (Å²) in [7, 11) is 0. The molecule has 3 saturated heterocycles. The van der Waals surface area contributed by atoms with Crippen LogP contribution in [0.5, 0.6) is 0 Å². The highest BCUT2D eigenvalue weighted by atomic mass is 16.8. The van der Waals surface area contributed by atoms with E-state index in [1.165, 1.54) is 0 Å². The van der Waals surface area contributed by atoms with Crippen molar-refractivity contribution in [3.8, 4) is 0 Å². The highest BCUT2D eigenvalue weighted by Crippen LogP contribution is 2.32. The van der Waals surface area contributed by atoms with Gasteiger partial charge in [-0.1, -0.05) is 0 Å². The van der Waals surface area contributed by atoms with Crippen molar-refractivity contribution in [3.05, 3.63) is 0 Å². The number of hydrogen-bond acceptors (Lipinski definition) is 14. The molecule has 3 heterocycles. The van der Waals surface area contributed by atoms with Crippen LogP contribution >= 0.6 is 0 Å². The van der Waals surface area contributed by atoms with Crippen LogP contribution in [0.1, 0.15) is 13.3 Å². The second-order valence-electron chi connectivity index (χ2n) is 8.22. The summed E-state index contributed by atoms with van der Waals surface area (Å²) in [5, 5.41) is 89.9. The Balaban J connectivity index is 1.79. The third-order valence-corrected chi connectivity index (χ3v) is 5.94. The van der Waals surface area contributed by atoms with Crippen LogP contribution in [0.25, 0.3) is 0 Å². The first-order valence-electron chi connectivity index (χ1n) is 10.3. The molecule has 9 N–H and O–H groups in total. The number of ether oxygens (including phenoxy) is 5. The van der Waals surface area contributed by atoms with Gasteiger partial charge in [-0.3, -0.25) is 0 Å². The third-order valence-electron chi connectivity index (χ3n) is 5.94. The van der Waals surface area contributed by atoms with E-state index < -0.39 is 99.2 Å². The molecular weight excluding hydrogens is 440 g/mol. The van der Waals surface area contributed by atoms with Gasteiger partial charge in [-0.15, -0.1) is 0 Å². The molecule has 3 aliphatic heterocycles. The second-order valence-corrected chi connectivity index (χ2v) is 8.22. The second kappa shape index (κ2) is 10.8. The topological polar surface area (TPSA) is 228 Å². The van der Waals surface area contributed by atoms with E-state index in [2.05, 4.69) is 0 Å². The maximum absolute atomic E-state index is 10.6. The summed E-state index contributed by atoms with van der Waals surface area (Å²) < 4.78 is 27.0. The minimum Gasteiger partial charge on any atom is -0.394 e. The number of rotatable bonds is 6. The first-order valence-corrected chi connectivity index (χ1v) is 10.3. The van der Waals surface area contributed by atoms with Crippen molar-refractivity contribution in [2.75, 3.05) is 13.2 Å². The van der Waals surface area contributed by atoms with Crippen molar-refractivity contribution in [1.82, 2.24) is 0 Å². The Hall–Kier alpha value is -0.560. The number of hydrogen-bond donors (Lipinski definition) is 9. The van der Waals surface area contributed by atoms with Gasteiger partial charge >= 0.3 is 0 Å². The Morgan fingerprint density at radius 3 is 1.88 bits per heavy atom. The highest BCUT2D eigenvalue weighted by molar-refractivity contribution is 4.95. The van der Waals surface area contributed by atoms with Gasteiger partial charge in [-0.25, -0.2) is 0 Å². The molecule has 188 valence electrons. The molecular formula is C18H32O14. The predicted octanol–water partition coefficient (Wildman–Crippen LogP) is -5.52. The maximum atomic E-state index is 10.6. The maximum Gasteiger partial charge on any atom is 0.187 e. The summed E-state index contributed by atoms with van der Waals surface area (Å²) in [5.74, 6) is 0. The Morgan fingerprint density at radius 1 is 0.656 bits per heavy atom. The van der Waals surface area contributed by atoms with Crippen LogP contribution in [0.15, 0.2) is 0 Å². The van der Waals surface area contributed by atoms with Gasteiger partial charge in [0, 0.05) is 6.42 Å².